The zero-order chi connectivity index (χ0) is 31.7. The van der Waals surface area contributed by atoms with E-state index in [9.17, 15) is 19.0 Å². The zero-order valence-corrected chi connectivity index (χ0v) is 27.5. The van der Waals surface area contributed by atoms with Crippen molar-refractivity contribution in [3.8, 4) is 17.0 Å². The molecule has 2 aliphatic carbocycles. The van der Waals surface area contributed by atoms with Gasteiger partial charge in [-0.2, -0.15) is 0 Å². The minimum atomic E-state index is -1.95. The second-order valence-corrected chi connectivity index (χ2v) is 13.3. The number of nitrogens with zero attached hydrogens (tertiary/aromatic N) is 3. The number of rotatable bonds is 12. The van der Waals surface area contributed by atoms with Gasteiger partial charge in [0.15, 0.2) is 8.38 Å². The summed E-state index contributed by atoms with van der Waals surface area (Å²) >= 11 is 0. The van der Waals surface area contributed by atoms with Gasteiger partial charge < -0.3 is 19.3 Å². The van der Waals surface area contributed by atoms with E-state index in [2.05, 4.69) is 33.0 Å². The molecule has 0 spiro atoms. The molecule has 0 amide bonds. The van der Waals surface area contributed by atoms with Crippen LogP contribution in [0, 0.1) is 5.82 Å². The molecule has 2 unspecified atom stereocenters. The van der Waals surface area contributed by atoms with Crippen LogP contribution in [0.5, 0.6) is 5.75 Å². The van der Waals surface area contributed by atoms with E-state index in [4.69, 9.17) is 9.47 Å². The Labute approximate surface area is 263 Å². The molecule has 44 heavy (non-hydrogen) atoms. The van der Waals surface area contributed by atoms with E-state index in [0.717, 1.165) is 80.7 Å². The van der Waals surface area contributed by atoms with Crippen LogP contribution >= 0.6 is 8.38 Å². The number of likely N-dealkylation sites (tertiary alicyclic amines) is 1. The van der Waals surface area contributed by atoms with Crippen molar-refractivity contribution >= 4 is 14.8 Å². The molecule has 2 N–H and O–H groups in total. The van der Waals surface area contributed by atoms with Gasteiger partial charge in [0.25, 0.3) is 6.47 Å². The maximum absolute atomic E-state index is 13.6. The number of piperidine rings is 1. The maximum atomic E-state index is 13.6. The van der Waals surface area contributed by atoms with Crippen LogP contribution in [0.3, 0.4) is 0 Å². The van der Waals surface area contributed by atoms with Crippen LogP contribution < -0.4 is 4.74 Å². The molecule has 5 rings (SSSR count). The fraction of sp³-hybridized carbons (Fsp3) is 0.588. The fourth-order valence-corrected chi connectivity index (χ4v) is 7.20. The number of likely N-dealkylation sites (N-methyl/N-ethyl adjacent to an activating group) is 1. The minimum Gasteiger partial charge on any atom is -0.494 e. The highest BCUT2D eigenvalue weighted by atomic mass is 31.2. The zero-order valence-electron chi connectivity index (χ0n) is 26.6. The van der Waals surface area contributed by atoms with Gasteiger partial charge >= 0.3 is 0 Å². The summed E-state index contributed by atoms with van der Waals surface area (Å²) in [6, 6.07) is 7.75. The van der Waals surface area contributed by atoms with Crippen molar-refractivity contribution < 1.29 is 28.4 Å². The summed E-state index contributed by atoms with van der Waals surface area (Å²) in [6.07, 6.45) is 11.8. The molecular weight excluding hydrogens is 580 g/mol. The first-order valence-corrected chi connectivity index (χ1v) is 17.4. The van der Waals surface area contributed by atoms with Gasteiger partial charge in [-0.1, -0.05) is 32.4 Å². The molecule has 1 aromatic carbocycles. The number of pyridine rings is 1. The highest BCUT2D eigenvalue weighted by Gasteiger charge is 2.39. The molecule has 2 heterocycles. The van der Waals surface area contributed by atoms with Crippen LogP contribution in [0.15, 0.2) is 42.6 Å². The van der Waals surface area contributed by atoms with E-state index < -0.39 is 14.0 Å². The van der Waals surface area contributed by atoms with Crippen LogP contribution in [-0.2, 0) is 16.1 Å². The molecule has 1 aromatic heterocycles. The lowest BCUT2D eigenvalue weighted by Crippen LogP contribution is -2.53. The third-order valence-electron chi connectivity index (χ3n) is 9.25. The maximum Gasteiger partial charge on any atom is 0.293 e. The number of hydrogen-bond donors (Lipinski definition) is 2. The highest BCUT2D eigenvalue weighted by molar-refractivity contribution is 7.46. The highest BCUT2D eigenvalue weighted by Crippen LogP contribution is 2.44. The van der Waals surface area contributed by atoms with Gasteiger partial charge in [-0.15, -0.1) is 0 Å². The third kappa shape index (κ3) is 8.43. The first-order chi connectivity index (χ1) is 21.3. The monoisotopic (exact) mass is 629 g/mol. The summed E-state index contributed by atoms with van der Waals surface area (Å²) in [5, 5.41) is 0. The van der Waals surface area contributed by atoms with E-state index in [1.54, 1.807) is 6.07 Å². The third-order valence-corrected chi connectivity index (χ3v) is 10.3. The van der Waals surface area contributed by atoms with Gasteiger partial charge in [0.2, 0.25) is 0 Å². The molecule has 2 atom stereocenters. The number of carbonyl (C=O) groups is 1. The van der Waals surface area contributed by atoms with E-state index in [1.807, 2.05) is 33.9 Å². The van der Waals surface area contributed by atoms with Crippen LogP contribution in [0.25, 0.3) is 11.3 Å². The van der Waals surface area contributed by atoms with Crippen molar-refractivity contribution in [2.45, 2.75) is 95.5 Å². The normalized spacial score (nSPS) is 21.8. The standard InChI is InChI=1S/C32H43FN3O5P.C2H6/c1-3-40-31-18-29(30-12-7-25(33)19-34-30)28(23-5-4-6-23)17-24(31)20-36-15-13-32(14-16-36,41-22-37)21-35(2)26-8-10-27(11-9-26)42(38)39;1-2/h7-8,10,12,17-19,22-23,26-27,38-39H,3-6,9,11,13-16,20-21H2,1-2H3;1-2H3. The number of carbonyl (C=O) groups excluding carboxylic acids is 1. The van der Waals surface area contributed by atoms with Crippen molar-refractivity contribution in [2.24, 2.45) is 0 Å². The van der Waals surface area contributed by atoms with Crippen LogP contribution in [0.2, 0.25) is 0 Å². The lowest BCUT2D eigenvalue weighted by molar-refractivity contribution is -0.152. The van der Waals surface area contributed by atoms with Gasteiger partial charge in [-0.05, 0) is 75.4 Å². The minimum absolute atomic E-state index is 0.166. The fourth-order valence-electron chi connectivity index (χ4n) is 6.57. The summed E-state index contributed by atoms with van der Waals surface area (Å²) in [7, 11) is 0.101. The number of allylic oxidation sites excluding steroid dienone is 1. The molecule has 2 aromatic rings. The number of halogens is 1. The first-order valence-electron chi connectivity index (χ1n) is 16.1. The summed E-state index contributed by atoms with van der Waals surface area (Å²) < 4.78 is 25.5. The van der Waals surface area contributed by atoms with E-state index in [1.165, 1.54) is 24.2 Å². The van der Waals surface area contributed by atoms with Crippen molar-refractivity contribution in [2.75, 3.05) is 33.3 Å². The molecule has 1 aliphatic heterocycles. The second-order valence-electron chi connectivity index (χ2n) is 12.0. The Bertz CT molecular complexity index is 1230. The average Bonchev–Trinajstić information content (AvgIpc) is 3.00. The molecule has 1 saturated heterocycles. The Balaban J connectivity index is 0.00000216. The van der Waals surface area contributed by atoms with E-state index >= 15 is 0 Å². The Kier molecular flexibility index (Phi) is 12.7. The summed E-state index contributed by atoms with van der Waals surface area (Å²) in [6.45, 7) is 10.0. The van der Waals surface area contributed by atoms with Gasteiger partial charge in [-0.3, -0.25) is 19.6 Å². The Morgan fingerprint density at radius 2 is 1.89 bits per heavy atom. The van der Waals surface area contributed by atoms with Gasteiger partial charge in [0.05, 0.1) is 18.5 Å². The van der Waals surface area contributed by atoms with Crippen molar-refractivity contribution in [3.63, 3.8) is 0 Å². The Hall–Kier alpha value is -2.42. The Morgan fingerprint density at radius 1 is 1.14 bits per heavy atom. The van der Waals surface area contributed by atoms with Gasteiger partial charge in [-0.25, -0.2) is 4.39 Å². The second kappa shape index (κ2) is 16.2. The number of benzene rings is 1. The molecule has 8 nitrogen and oxygen atoms in total. The summed E-state index contributed by atoms with van der Waals surface area (Å²) in [5.41, 5.74) is 3.45. The number of aromatic nitrogens is 1. The molecule has 242 valence electrons. The molecule has 2 fully saturated rings. The first kappa shape index (κ1) is 34.5. The van der Waals surface area contributed by atoms with Crippen molar-refractivity contribution in [3.05, 3.63) is 59.6 Å². The molecule has 10 heteroatoms. The molecular formula is C34H49FN3O5P. The molecule has 0 bridgehead atoms. The van der Waals surface area contributed by atoms with E-state index in [-0.39, 0.29) is 17.5 Å². The predicted molar refractivity (Wildman–Crippen MR) is 173 cm³/mol. The van der Waals surface area contributed by atoms with Crippen LogP contribution in [0.1, 0.15) is 82.8 Å². The van der Waals surface area contributed by atoms with Crippen molar-refractivity contribution in [1.29, 1.82) is 0 Å². The molecule has 1 saturated carbocycles. The molecule has 3 aliphatic rings. The average molecular weight is 630 g/mol. The quantitative estimate of drug-likeness (QED) is 0.158. The predicted octanol–water partition coefficient (Wildman–Crippen LogP) is 6.40. The van der Waals surface area contributed by atoms with Crippen LogP contribution in [0.4, 0.5) is 4.39 Å². The summed E-state index contributed by atoms with van der Waals surface area (Å²) in [4.78, 5) is 39.7. The largest absolute Gasteiger partial charge is 0.494 e. The summed E-state index contributed by atoms with van der Waals surface area (Å²) in [5.74, 6) is 0.958. The number of ether oxygens (including phenoxy) is 2. The topological polar surface area (TPSA) is 95.4 Å². The Morgan fingerprint density at radius 3 is 2.43 bits per heavy atom. The van der Waals surface area contributed by atoms with Gasteiger partial charge in [0.1, 0.15) is 17.2 Å². The molecule has 0 radical (unpaired) electrons. The number of hydrogen-bond acceptors (Lipinski definition) is 8. The lowest BCUT2D eigenvalue weighted by Gasteiger charge is -2.44. The van der Waals surface area contributed by atoms with Gasteiger partial charge in [0, 0.05) is 61.8 Å². The van der Waals surface area contributed by atoms with Crippen LogP contribution in [-0.4, -0.2) is 81.6 Å². The lowest BCUT2D eigenvalue weighted by atomic mass is 9.77. The van der Waals surface area contributed by atoms with E-state index in [0.29, 0.717) is 25.5 Å². The SMILES string of the molecule is CC.CCOc1cc(-c2ccc(F)cn2)c(C2CCC2)cc1CN1CCC(CN(C)C2C=CC(P(O)O)CC2)(OC=O)CC1. The van der Waals surface area contributed by atoms with Crippen molar-refractivity contribution in [1.82, 2.24) is 14.8 Å². The smallest absolute Gasteiger partial charge is 0.293 e.